The Morgan fingerprint density at radius 1 is 1.14 bits per heavy atom. The van der Waals surface area contributed by atoms with E-state index in [2.05, 4.69) is 35.3 Å². The normalized spacial score (nSPS) is 16.5. The number of hydrogen-bond donors (Lipinski definition) is 1. The minimum absolute atomic E-state index is 0.0425. The van der Waals surface area contributed by atoms with Crippen LogP contribution in [-0.2, 0) is 11.2 Å². The topological polar surface area (TPSA) is 32.3 Å². The molecular weight excluding hydrogens is 272 g/mol. The number of hydrogen-bond acceptors (Lipinski definition) is 2. The zero-order valence-electron chi connectivity index (χ0n) is 13.4. The van der Waals surface area contributed by atoms with Crippen LogP contribution in [-0.4, -0.2) is 18.5 Å². The lowest BCUT2D eigenvalue weighted by Gasteiger charge is -2.24. The summed E-state index contributed by atoms with van der Waals surface area (Å²) >= 11 is 0. The van der Waals surface area contributed by atoms with E-state index in [0.29, 0.717) is 12.6 Å². The van der Waals surface area contributed by atoms with E-state index < -0.39 is 0 Å². The molecule has 0 fully saturated rings. The van der Waals surface area contributed by atoms with Crippen LogP contribution in [0.25, 0.3) is 0 Å². The lowest BCUT2D eigenvalue weighted by molar-refractivity contribution is -0.115. The summed E-state index contributed by atoms with van der Waals surface area (Å²) in [5.41, 5.74) is 5.65. The second-order valence-electron chi connectivity index (χ2n) is 6.12. The highest BCUT2D eigenvalue weighted by atomic mass is 16.2. The Kier molecular flexibility index (Phi) is 3.88. The molecule has 3 rings (SSSR count). The summed E-state index contributed by atoms with van der Waals surface area (Å²) in [6, 6.07) is 14.8. The summed E-state index contributed by atoms with van der Waals surface area (Å²) in [6.45, 7) is 6.62. The van der Waals surface area contributed by atoms with Crippen LogP contribution in [0.5, 0.6) is 0 Å². The first-order chi connectivity index (χ1) is 10.6. The number of benzene rings is 2. The number of rotatable bonds is 3. The molecule has 0 saturated heterocycles. The van der Waals surface area contributed by atoms with Crippen LogP contribution in [0.1, 0.15) is 23.6 Å². The molecule has 1 aliphatic heterocycles. The van der Waals surface area contributed by atoms with Crippen molar-refractivity contribution in [1.82, 2.24) is 0 Å². The van der Waals surface area contributed by atoms with E-state index >= 15 is 0 Å². The van der Waals surface area contributed by atoms with Crippen LogP contribution >= 0.6 is 0 Å². The molecule has 0 aromatic heterocycles. The maximum Gasteiger partial charge on any atom is 0.243 e. The maximum atomic E-state index is 12.5. The standard InChI is InChI=1S/C19H22N2O/c1-13-7-6-8-14(2)19(13)20-18(22)12-21-15(3)11-16-9-4-5-10-17(16)21/h4-10,15H,11-12H2,1-3H3,(H,20,22). The molecule has 3 heteroatoms. The van der Waals surface area contributed by atoms with E-state index in [9.17, 15) is 4.79 Å². The van der Waals surface area contributed by atoms with Gasteiger partial charge in [0.1, 0.15) is 0 Å². The van der Waals surface area contributed by atoms with Crippen molar-refractivity contribution in [1.29, 1.82) is 0 Å². The Balaban J connectivity index is 1.75. The smallest absolute Gasteiger partial charge is 0.243 e. The van der Waals surface area contributed by atoms with Crippen molar-refractivity contribution in [3.63, 3.8) is 0 Å². The highest BCUT2D eigenvalue weighted by molar-refractivity contribution is 5.95. The Morgan fingerprint density at radius 3 is 2.55 bits per heavy atom. The summed E-state index contributed by atoms with van der Waals surface area (Å²) in [4.78, 5) is 14.7. The van der Waals surface area contributed by atoms with Gasteiger partial charge in [-0.15, -0.1) is 0 Å². The van der Waals surface area contributed by atoms with E-state index in [1.165, 1.54) is 11.3 Å². The Hall–Kier alpha value is -2.29. The van der Waals surface area contributed by atoms with Crippen LogP contribution in [0, 0.1) is 13.8 Å². The number of carbonyl (C=O) groups excluding carboxylic acids is 1. The number of anilines is 2. The van der Waals surface area contributed by atoms with Crippen molar-refractivity contribution < 1.29 is 4.79 Å². The lowest BCUT2D eigenvalue weighted by atomic mass is 10.1. The molecular formula is C19H22N2O. The van der Waals surface area contributed by atoms with Gasteiger partial charge in [0, 0.05) is 17.4 Å². The Labute approximate surface area is 132 Å². The van der Waals surface area contributed by atoms with Gasteiger partial charge in [0.2, 0.25) is 5.91 Å². The molecule has 0 radical (unpaired) electrons. The van der Waals surface area contributed by atoms with Gasteiger partial charge in [-0.2, -0.15) is 0 Å². The predicted molar refractivity (Wildman–Crippen MR) is 91.5 cm³/mol. The van der Waals surface area contributed by atoms with Crippen molar-refractivity contribution in [2.75, 3.05) is 16.8 Å². The summed E-state index contributed by atoms with van der Waals surface area (Å²) < 4.78 is 0. The fraction of sp³-hybridized carbons (Fsp3) is 0.316. The molecule has 1 N–H and O–H groups in total. The zero-order valence-corrected chi connectivity index (χ0v) is 13.4. The largest absolute Gasteiger partial charge is 0.359 e. The second kappa shape index (κ2) is 5.84. The van der Waals surface area contributed by atoms with E-state index in [1.807, 2.05) is 38.1 Å². The van der Waals surface area contributed by atoms with Gasteiger partial charge in [-0.3, -0.25) is 4.79 Å². The monoisotopic (exact) mass is 294 g/mol. The van der Waals surface area contributed by atoms with E-state index in [0.717, 1.165) is 23.2 Å². The first-order valence-electron chi connectivity index (χ1n) is 7.77. The molecule has 1 amide bonds. The van der Waals surface area contributed by atoms with Crippen LogP contribution in [0.2, 0.25) is 0 Å². The minimum atomic E-state index is 0.0425. The molecule has 0 spiro atoms. The molecule has 1 aliphatic rings. The lowest BCUT2D eigenvalue weighted by Crippen LogP contribution is -2.37. The first kappa shape index (κ1) is 14.6. The van der Waals surface area contributed by atoms with E-state index in [1.54, 1.807) is 0 Å². The molecule has 0 aliphatic carbocycles. The van der Waals surface area contributed by atoms with Gasteiger partial charge in [0.15, 0.2) is 0 Å². The van der Waals surface area contributed by atoms with Crippen LogP contribution in [0.4, 0.5) is 11.4 Å². The molecule has 0 saturated carbocycles. The van der Waals surface area contributed by atoms with Gasteiger partial charge in [-0.05, 0) is 49.9 Å². The minimum Gasteiger partial charge on any atom is -0.359 e. The number of fused-ring (bicyclic) bond motifs is 1. The zero-order chi connectivity index (χ0) is 15.7. The van der Waals surface area contributed by atoms with Crippen LogP contribution in [0.3, 0.4) is 0 Å². The average Bonchev–Trinajstić information content (AvgIpc) is 2.79. The predicted octanol–water partition coefficient (Wildman–Crippen LogP) is 3.69. The van der Waals surface area contributed by atoms with Gasteiger partial charge in [0.05, 0.1) is 6.54 Å². The maximum absolute atomic E-state index is 12.5. The van der Waals surface area contributed by atoms with Gasteiger partial charge in [-0.25, -0.2) is 0 Å². The second-order valence-corrected chi connectivity index (χ2v) is 6.12. The van der Waals surface area contributed by atoms with Crippen molar-refractivity contribution in [3.05, 3.63) is 59.2 Å². The third-order valence-corrected chi connectivity index (χ3v) is 4.41. The van der Waals surface area contributed by atoms with Gasteiger partial charge >= 0.3 is 0 Å². The molecule has 114 valence electrons. The van der Waals surface area contributed by atoms with Crippen molar-refractivity contribution in [2.45, 2.75) is 33.2 Å². The Bertz CT molecular complexity index is 688. The fourth-order valence-corrected chi connectivity index (χ4v) is 3.22. The van der Waals surface area contributed by atoms with Gasteiger partial charge in [0.25, 0.3) is 0 Å². The highest BCUT2D eigenvalue weighted by Crippen LogP contribution is 2.31. The number of aryl methyl sites for hydroxylation is 2. The van der Waals surface area contributed by atoms with Gasteiger partial charge < -0.3 is 10.2 Å². The highest BCUT2D eigenvalue weighted by Gasteiger charge is 2.27. The summed E-state index contributed by atoms with van der Waals surface area (Å²) in [7, 11) is 0. The molecule has 1 unspecified atom stereocenters. The fourth-order valence-electron chi connectivity index (χ4n) is 3.22. The third kappa shape index (κ3) is 2.71. The molecule has 2 aromatic carbocycles. The van der Waals surface area contributed by atoms with E-state index in [4.69, 9.17) is 0 Å². The van der Waals surface area contributed by atoms with Crippen molar-refractivity contribution >= 4 is 17.3 Å². The summed E-state index contributed by atoms with van der Waals surface area (Å²) in [6.07, 6.45) is 1.01. The van der Waals surface area contributed by atoms with Crippen LogP contribution in [0.15, 0.2) is 42.5 Å². The number of para-hydroxylation sites is 2. The quantitative estimate of drug-likeness (QED) is 0.936. The third-order valence-electron chi connectivity index (χ3n) is 4.41. The summed E-state index contributed by atoms with van der Waals surface area (Å²) in [5, 5.41) is 3.08. The number of nitrogens with zero attached hydrogens (tertiary/aromatic N) is 1. The van der Waals surface area contributed by atoms with E-state index in [-0.39, 0.29) is 5.91 Å². The first-order valence-corrected chi connectivity index (χ1v) is 7.77. The van der Waals surface area contributed by atoms with Crippen molar-refractivity contribution in [3.8, 4) is 0 Å². The van der Waals surface area contributed by atoms with Crippen molar-refractivity contribution in [2.24, 2.45) is 0 Å². The van der Waals surface area contributed by atoms with Crippen LogP contribution < -0.4 is 10.2 Å². The average molecular weight is 294 g/mol. The van der Waals surface area contributed by atoms with Gasteiger partial charge in [-0.1, -0.05) is 36.4 Å². The molecule has 0 bridgehead atoms. The number of nitrogens with one attached hydrogen (secondary N) is 1. The Morgan fingerprint density at radius 2 is 1.82 bits per heavy atom. The summed E-state index contributed by atoms with van der Waals surface area (Å²) in [5.74, 6) is 0.0425. The molecule has 3 nitrogen and oxygen atoms in total. The SMILES string of the molecule is Cc1cccc(C)c1NC(=O)CN1c2ccccc2CC1C. The number of carbonyl (C=O) groups is 1. The molecule has 1 atom stereocenters. The number of amides is 1. The molecule has 1 heterocycles. The molecule has 22 heavy (non-hydrogen) atoms. The molecule has 2 aromatic rings.